The molecule has 0 aliphatic carbocycles. The minimum Gasteiger partial charge on any atom is -0.314 e. The third-order valence-electron chi connectivity index (χ3n) is 5.05. The highest BCUT2D eigenvalue weighted by Crippen LogP contribution is 2.03. The summed E-state index contributed by atoms with van der Waals surface area (Å²) >= 11 is 0. The Morgan fingerprint density at radius 2 is 1.08 bits per heavy atom. The molecule has 0 aromatic carbocycles. The van der Waals surface area contributed by atoms with Crippen LogP contribution >= 0.6 is 0 Å². The molecule has 0 aliphatic heterocycles. The maximum absolute atomic E-state index is 3.61. The van der Waals surface area contributed by atoms with E-state index < -0.39 is 0 Å². The van der Waals surface area contributed by atoms with Gasteiger partial charge >= 0.3 is 0 Å². The van der Waals surface area contributed by atoms with Crippen molar-refractivity contribution in [2.45, 2.75) is 66.6 Å². The topological polar surface area (TPSA) is 33.8 Å². The lowest BCUT2D eigenvalue weighted by molar-refractivity contribution is 0.175. The van der Waals surface area contributed by atoms with Crippen molar-refractivity contribution in [2.24, 2.45) is 0 Å². The van der Waals surface area contributed by atoms with Gasteiger partial charge in [-0.15, -0.1) is 0 Å². The first kappa shape index (κ1) is 24.8. The molecule has 152 valence electrons. The molecule has 0 aromatic heterocycles. The first-order valence-corrected chi connectivity index (χ1v) is 10.4. The number of hydrogen-bond donors (Lipinski definition) is 2. The van der Waals surface area contributed by atoms with Gasteiger partial charge in [-0.3, -0.25) is 4.90 Å². The molecule has 0 aromatic rings. The quantitative estimate of drug-likeness (QED) is 0.413. The van der Waals surface area contributed by atoms with Gasteiger partial charge in [0, 0.05) is 70.5 Å². The van der Waals surface area contributed by atoms with E-state index in [4.69, 9.17) is 0 Å². The summed E-state index contributed by atoms with van der Waals surface area (Å²) in [5.41, 5.74) is 0. The van der Waals surface area contributed by atoms with Crippen molar-refractivity contribution in [1.82, 2.24) is 25.3 Å². The molecule has 0 fully saturated rings. The van der Waals surface area contributed by atoms with Gasteiger partial charge in [-0.05, 0) is 55.1 Å². The minimum atomic E-state index is 0.620. The zero-order chi connectivity index (χ0) is 19.2. The Morgan fingerprint density at radius 1 is 0.640 bits per heavy atom. The van der Waals surface area contributed by atoms with Gasteiger partial charge in [-0.25, -0.2) is 0 Å². The predicted molar refractivity (Wildman–Crippen MR) is 113 cm³/mol. The van der Waals surface area contributed by atoms with E-state index in [1.165, 1.54) is 0 Å². The monoisotopic (exact) mass is 357 g/mol. The van der Waals surface area contributed by atoms with Crippen molar-refractivity contribution >= 4 is 0 Å². The lowest BCUT2D eigenvalue weighted by Gasteiger charge is -2.30. The Kier molecular flexibility index (Phi) is 14.8. The van der Waals surface area contributed by atoms with Crippen LogP contribution in [0, 0.1) is 0 Å². The van der Waals surface area contributed by atoms with Crippen molar-refractivity contribution in [2.75, 3.05) is 66.0 Å². The highest BCUT2D eigenvalue weighted by Gasteiger charge is 2.12. The number of likely N-dealkylation sites (N-methyl/N-ethyl adjacent to an activating group) is 2. The third kappa shape index (κ3) is 12.7. The second-order valence-electron chi connectivity index (χ2n) is 7.93. The first-order valence-electron chi connectivity index (χ1n) is 10.4. The van der Waals surface area contributed by atoms with Crippen LogP contribution < -0.4 is 10.6 Å². The standard InChI is InChI=1S/C20H47N5/c1-9-24(15-11-21-10-14-23(8)18(2)3)16-12-22-13-17-25(19(4)5)20(6)7/h18-22H,9-17H2,1-8H3. The maximum atomic E-state index is 3.61. The summed E-state index contributed by atoms with van der Waals surface area (Å²) in [6.45, 7) is 25.8. The fraction of sp³-hybridized carbons (Fsp3) is 1.00. The second kappa shape index (κ2) is 14.9. The van der Waals surface area contributed by atoms with Crippen LogP contribution in [0.25, 0.3) is 0 Å². The summed E-state index contributed by atoms with van der Waals surface area (Å²) in [6, 6.07) is 1.87. The van der Waals surface area contributed by atoms with Crippen LogP contribution in [-0.2, 0) is 0 Å². The summed E-state index contributed by atoms with van der Waals surface area (Å²) in [5.74, 6) is 0. The number of rotatable bonds is 16. The molecule has 0 unspecified atom stereocenters. The normalized spacial score (nSPS) is 12.7. The highest BCUT2D eigenvalue weighted by molar-refractivity contribution is 4.69. The average molecular weight is 358 g/mol. The molecule has 0 spiro atoms. The third-order valence-corrected chi connectivity index (χ3v) is 5.05. The van der Waals surface area contributed by atoms with E-state index in [2.05, 4.69) is 80.8 Å². The zero-order valence-electron chi connectivity index (χ0n) is 18.4. The Balaban J connectivity index is 3.71. The van der Waals surface area contributed by atoms with E-state index in [-0.39, 0.29) is 0 Å². The Bertz CT molecular complexity index is 286. The molecule has 0 aliphatic rings. The van der Waals surface area contributed by atoms with Crippen molar-refractivity contribution in [1.29, 1.82) is 0 Å². The second-order valence-corrected chi connectivity index (χ2v) is 7.93. The van der Waals surface area contributed by atoms with Gasteiger partial charge in [0.25, 0.3) is 0 Å². The van der Waals surface area contributed by atoms with Gasteiger partial charge in [0.2, 0.25) is 0 Å². The van der Waals surface area contributed by atoms with Gasteiger partial charge in [0.1, 0.15) is 0 Å². The molecular formula is C20H47N5. The first-order chi connectivity index (χ1) is 11.8. The predicted octanol–water partition coefficient (Wildman–Crippen LogP) is 1.95. The van der Waals surface area contributed by atoms with Crippen LogP contribution in [0.15, 0.2) is 0 Å². The SMILES string of the molecule is CCN(CCNCCN(C)C(C)C)CCNCCN(C(C)C)C(C)C. The number of nitrogens with one attached hydrogen (secondary N) is 2. The van der Waals surface area contributed by atoms with Crippen molar-refractivity contribution in [3.05, 3.63) is 0 Å². The van der Waals surface area contributed by atoms with Crippen LogP contribution in [0.4, 0.5) is 0 Å². The molecule has 25 heavy (non-hydrogen) atoms. The molecule has 0 saturated heterocycles. The van der Waals surface area contributed by atoms with E-state index >= 15 is 0 Å². The summed E-state index contributed by atoms with van der Waals surface area (Å²) in [7, 11) is 2.19. The summed E-state index contributed by atoms with van der Waals surface area (Å²) in [5, 5.41) is 7.18. The molecule has 0 bridgehead atoms. The van der Waals surface area contributed by atoms with Gasteiger partial charge in [-0.2, -0.15) is 0 Å². The zero-order valence-corrected chi connectivity index (χ0v) is 18.4. The molecular weight excluding hydrogens is 310 g/mol. The summed E-state index contributed by atoms with van der Waals surface area (Å²) < 4.78 is 0. The minimum absolute atomic E-state index is 0.620. The average Bonchev–Trinajstić information content (AvgIpc) is 2.54. The van der Waals surface area contributed by atoms with Gasteiger partial charge < -0.3 is 20.4 Å². The van der Waals surface area contributed by atoms with Gasteiger partial charge in [0.15, 0.2) is 0 Å². The molecule has 0 saturated carbocycles. The Morgan fingerprint density at radius 3 is 1.48 bits per heavy atom. The molecule has 0 amide bonds. The van der Waals surface area contributed by atoms with Crippen LogP contribution in [0.3, 0.4) is 0 Å². The number of hydrogen-bond acceptors (Lipinski definition) is 5. The summed E-state index contributed by atoms with van der Waals surface area (Å²) in [4.78, 5) is 7.45. The Hall–Kier alpha value is -0.200. The lowest BCUT2D eigenvalue weighted by Crippen LogP contribution is -2.43. The highest BCUT2D eigenvalue weighted by atomic mass is 15.2. The van der Waals surface area contributed by atoms with Crippen LogP contribution in [0.5, 0.6) is 0 Å². The molecule has 2 N–H and O–H groups in total. The Labute approximate surface area is 158 Å². The molecule has 0 heterocycles. The van der Waals surface area contributed by atoms with Crippen LogP contribution in [0.2, 0.25) is 0 Å². The van der Waals surface area contributed by atoms with E-state index in [1.807, 2.05) is 0 Å². The fourth-order valence-corrected chi connectivity index (χ4v) is 2.99. The summed E-state index contributed by atoms with van der Waals surface area (Å²) in [6.07, 6.45) is 0. The van der Waals surface area contributed by atoms with Crippen molar-refractivity contribution in [3.63, 3.8) is 0 Å². The molecule has 5 nitrogen and oxygen atoms in total. The van der Waals surface area contributed by atoms with Crippen LogP contribution in [-0.4, -0.2) is 98.8 Å². The maximum Gasteiger partial charge on any atom is 0.0112 e. The van der Waals surface area contributed by atoms with E-state index in [1.54, 1.807) is 0 Å². The van der Waals surface area contributed by atoms with Crippen LogP contribution in [0.1, 0.15) is 48.5 Å². The molecule has 0 atom stereocenters. The van der Waals surface area contributed by atoms with Crippen molar-refractivity contribution in [3.8, 4) is 0 Å². The van der Waals surface area contributed by atoms with Gasteiger partial charge in [-0.1, -0.05) is 6.92 Å². The smallest absolute Gasteiger partial charge is 0.0112 e. The van der Waals surface area contributed by atoms with Crippen molar-refractivity contribution < 1.29 is 0 Å². The van der Waals surface area contributed by atoms with E-state index in [0.717, 1.165) is 58.9 Å². The molecule has 0 radical (unpaired) electrons. The fourth-order valence-electron chi connectivity index (χ4n) is 2.99. The van der Waals surface area contributed by atoms with Gasteiger partial charge in [0.05, 0.1) is 0 Å². The molecule has 5 heteroatoms. The van der Waals surface area contributed by atoms with E-state index in [9.17, 15) is 0 Å². The number of nitrogens with zero attached hydrogens (tertiary/aromatic N) is 3. The largest absolute Gasteiger partial charge is 0.314 e. The lowest BCUT2D eigenvalue weighted by atomic mass is 10.2. The van der Waals surface area contributed by atoms with E-state index in [0.29, 0.717) is 18.1 Å². The molecule has 0 rings (SSSR count).